The first-order valence-electron chi connectivity index (χ1n) is 9.70. The highest BCUT2D eigenvalue weighted by molar-refractivity contribution is 7.98. The van der Waals surface area contributed by atoms with Gasteiger partial charge in [0.05, 0.1) is 14.9 Å². The molecule has 30 heavy (non-hydrogen) atoms. The van der Waals surface area contributed by atoms with Crippen LogP contribution in [0.1, 0.15) is 34.3 Å². The zero-order chi connectivity index (χ0) is 21.7. The summed E-state index contributed by atoms with van der Waals surface area (Å²) in [5, 5.41) is 3.94. The molecular formula is C21H24Cl2N2O3S2. The van der Waals surface area contributed by atoms with E-state index in [2.05, 4.69) is 5.32 Å². The van der Waals surface area contributed by atoms with Crippen molar-refractivity contribution >= 4 is 50.9 Å². The molecule has 0 saturated carbocycles. The summed E-state index contributed by atoms with van der Waals surface area (Å²) in [5.74, 6) is 1.22. The maximum Gasteiger partial charge on any atom is 0.251 e. The van der Waals surface area contributed by atoms with E-state index >= 15 is 0 Å². The van der Waals surface area contributed by atoms with Gasteiger partial charge in [0.1, 0.15) is 0 Å². The van der Waals surface area contributed by atoms with Crippen LogP contribution in [-0.4, -0.2) is 44.0 Å². The van der Waals surface area contributed by atoms with Crippen LogP contribution in [0.25, 0.3) is 0 Å². The lowest BCUT2D eigenvalue weighted by molar-refractivity contribution is 0.0955. The molecule has 0 bridgehead atoms. The molecule has 2 aromatic rings. The average Bonchev–Trinajstić information content (AvgIpc) is 3.26. The van der Waals surface area contributed by atoms with Crippen molar-refractivity contribution in [3.05, 3.63) is 63.1 Å². The summed E-state index contributed by atoms with van der Waals surface area (Å²) in [4.78, 5) is 12.8. The van der Waals surface area contributed by atoms with E-state index in [0.717, 1.165) is 35.5 Å². The van der Waals surface area contributed by atoms with E-state index in [4.69, 9.17) is 23.2 Å². The number of rotatable bonds is 8. The Hall–Kier alpha value is -1.25. The number of nitrogens with zero attached hydrogens (tertiary/aromatic N) is 1. The quantitative estimate of drug-likeness (QED) is 0.546. The summed E-state index contributed by atoms with van der Waals surface area (Å²) in [6.45, 7) is 3.36. The molecule has 0 aliphatic carbocycles. The first kappa shape index (κ1) is 23.4. The van der Waals surface area contributed by atoms with Gasteiger partial charge in [0, 0.05) is 36.7 Å². The van der Waals surface area contributed by atoms with Crippen LogP contribution >= 0.6 is 35.0 Å². The molecular weight excluding hydrogens is 463 g/mol. The Morgan fingerprint density at radius 3 is 2.53 bits per heavy atom. The molecule has 1 fully saturated rings. The minimum Gasteiger partial charge on any atom is -0.351 e. The molecule has 162 valence electrons. The highest BCUT2D eigenvalue weighted by Crippen LogP contribution is 2.25. The van der Waals surface area contributed by atoms with Crippen molar-refractivity contribution in [3.63, 3.8) is 0 Å². The van der Waals surface area contributed by atoms with E-state index in [9.17, 15) is 13.2 Å². The van der Waals surface area contributed by atoms with Gasteiger partial charge in [0.2, 0.25) is 10.0 Å². The number of hydrogen-bond donors (Lipinski definition) is 1. The third kappa shape index (κ3) is 5.71. The molecule has 0 atom stereocenters. The van der Waals surface area contributed by atoms with Crippen LogP contribution in [0, 0.1) is 6.92 Å². The third-order valence-corrected chi connectivity index (χ3v) is 8.61. The van der Waals surface area contributed by atoms with E-state index in [0.29, 0.717) is 35.2 Å². The maximum absolute atomic E-state index is 12.8. The van der Waals surface area contributed by atoms with Gasteiger partial charge in [-0.15, -0.1) is 0 Å². The van der Waals surface area contributed by atoms with E-state index in [1.165, 1.54) is 10.4 Å². The third-order valence-electron chi connectivity index (χ3n) is 4.94. The Labute approximate surface area is 192 Å². The summed E-state index contributed by atoms with van der Waals surface area (Å²) in [5.41, 5.74) is 2.21. The average molecular weight is 487 g/mol. The van der Waals surface area contributed by atoms with Crippen molar-refractivity contribution in [1.29, 1.82) is 0 Å². The molecule has 0 unspecified atom stereocenters. The number of sulfonamides is 1. The van der Waals surface area contributed by atoms with Crippen molar-refractivity contribution < 1.29 is 13.2 Å². The van der Waals surface area contributed by atoms with Crippen molar-refractivity contribution in [2.75, 3.05) is 25.4 Å². The van der Waals surface area contributed by atoms with Crippen LogP contribution in [0.15, 0.2) is 41.3 Å². The molecule has 3 rings (SSSR count). The van der Waals surface area contributed by atoms with Gasteiger partial charge < -0.3 is 5.32 Å². The molecule has 1 saturated heterocycles. The fourth-order valence-electron chi connectivity index (χ4n) is 3.24. The lowest BCUT2D eigenvalue weighted by Gasteiger charge is -2.17. The number of benzene rings is 2. The topological polar surface area (TPSA) is 66.5 Å². The molecule has 9 heteroatoms. The van der Waals surface area contributed by atoms with Gasteiger partial charge in [0.15, 0.2) is 0 Å². The van der Waals surface area contributed by atoms with Crippen molar-refractivity contribution in [3.8, 4) is 0 Å². The van der Waals surface area contributed by atoms with Crippen molar-refractivity contribution in [1.82, 2.24) is 9.62 Å². The Bertz CT molecular complexity index is 1020. The first-order chi connectivity index (χ1) is 14.3. The zero-order valence-corrected chi connectivity index (χ0v) is 19.8. The van der Waals surface area contributed by atoms with Crippen LogP contribution in [0.5, 0.6) is 0 Å². The fourth-order valence-corrected chi connectivity index (χ4v) is 5.91. The van der Waals surface area contributed by atoms with Gasteiger partial charge in [0.25, 0.3) is 5.91 Å². The van der Waals surface area contributed by atoms with Crippen LogP contribution in [0.4, 0.5) is 0 Å². The van der Waals surface area contributed by atoms with E-state index < -0.39 is 10.0 Å². The summed E-state index contributed by atoms with van der Waals surface area (Å²) < 4.78 is 27.0. The molecule has 0 spiro atoms. The second kappa shape index (κ2) is 10.4. The minimum absolute atomic E-state index is 0.175. The predicted molar refractivity (Wildman–Crippen MR) is 124 cm³/mol. The summed E-state index contributed by atoms with van der Waals surface area (Å²) in [6, 6.07) is 10.3. The van der Waals surface area contributed by atoms with Gasteiger partial charge in [-0.1, -0.05) is 35.3 Å². The molecule has 5 nitrogen and oxygen atoms in total. The van der Waals surface area contributed by atoms with E-state index in [1.54, 1.807) is 36.9 Å². The van der Waals surface area contributed by atoms with Crippen LogP contribution in [0.2, 0.25) is 10.0 Å². The largest absolute Gasteiger partial charge is 0.351 e. The standard InChI is InChI=1S/C21H24Cl2N2O3S2/c1-15-4-6-17(30(27,28)25-9-2-3-10-25)13-18(15)21(26)24-8-11-29-14-16-5-7-19(22)20(23)12-16/h4-7,12-13H,2-3,8-11,14H2,1H3,(H,24,26). The summed E-state index contributed by atoms with van der Waals surface area (Å²) >= 11 is 13.6. The number of halogens is 2. The smallest absolute Gasteiger partial charge is 0.251 e. The SMILES string of the molecule is Cc1ccc(S(=O)(=O)N2CCCC2)cc1C(=O)NCCSCc1ccc(Cl)c(Cl)c1. The molecule has 1 N–H and O–H groups in total. The predicted octanol–water partition coefficient (Wildman–Crippen LogP) is 4.75. The molecule has 1 amide bonds. The molecule has 0 aromatic heterocycles. The van der Waals surface area contributed by atoms with E-state index in [1.807, 2.05) is 12.1 Å². The monoisotopic (exact) mass is 486 g/mol. The lowest BCUT2D eigenvalue weighted by Crippen LogP contribution is -2.29. The molecule has 2 aromatic carbocycles. The number of amides is 1. The van der Waals surface area contributed by atoms with E-state index in [-0.39, 0.29) is 10.8 Å². The highest BCUT2D eigenvalue weighted by Gasteiger charge is 2.28. The molecule has 1 heterocycles. The normalized spacial score (nSPS) is 14.8. The Balaban J connectivity index is 1.55. The lowest BCUT2D eigenvalue weighted by atomic mass is 10.1. The number of hydrogen-bond acceptors (Lipinski definition) is 4. The zero-order valence-electron chi connectivity index (χ0n) is 16.7. The van der Waals surface area contributed by atoms with Gasteiger partial charge in [-0.25, -0.2) is 8.42 Å². The Morgan fingerprint density at radius 1 is 1.10 bits per heavy atom. The molecule has 0 radical (unpaired) electrons. The van der Waals surface area contributed by atoms with Crippen molar-refractivity contribution in [2.45, 2.75) is 30.4 Å². The van der Waals surface area contributed by atoms with Gasteiger partial charge in [-0.2, -0.15) is 16.1 Å². The van der Waals surface area contributed by atoms with Gasteiger partial charge in [-0.3, -0.25) is 4.79 Å². The molecule has 1 aliphatic heterocycles. The number of aryl methyl sites for hydroxylation is 1. The maximum atomic E-state index is 12.8. The van der Waals surface area contributed by atoms with Crippen molar-refractivity contribution in [2.24, 2.45) is 0 Å². The fraction of sp³-hybridized carbons (Fsp3) is 0.381. The summed E-state index contributed by atoms with van der Waals surface area (Å²) in [7, 11) is -3.55. The number of nitrogens with one attached hydrogen (secondary N) is 1. The van der Waals surface area contributed by atoms with Crippen LogP contribution < -0.4 is 5.32 Å². The molecule has 1 aliphatic rings. The second-order valence-electron chi connectivity index (χ2n) is 7.14. The highest BCUT2D eigenvalue weighted by atomic mass is 35.5. The van der Waals surface area contributed by atoms with Gasteiger partial charge >= 0.3 is 0 Å². The van der Waals surface area contributed by atoms with Gasteiger partial charge in [-0.05, 0) is 55.2 Å². The Morgan fingerprint density at radius 2 is 1.83 bits per heavy atom. The number of carbonyl (C=O) groups excluding carboxylic acids is 1. The number of thioether (sulfide) groups is 1. The Kier molecular flexibility index (Phi) is 8.10. The first-order valence-corrected chi connectivity index (χ1v) is 13.0. The van der Waals surface area contributed by atoms with Crippen LogP contribution in [-0.2, 0) is 15.8 Å². The second-order valence-corrected chi connectivity index (χ2v) is 11.0. The number of carbonyl (C=O) groups is 1. The van der Waals surface area contributed by atoms with Crippen LogP contribution in [0.3, 0.4) is 0 Å². The minimum atomic E-state index is -3.55. The summed E-state index contributed by atoms with van der Waals surface area (Å²) in [6.07, 6.45) is 1.75.